The molecule has 0 saturated heterocycles. The second-order valence-corrected chi connectivity index (χ2v) is 6.19. The van der Waals surface area contributed by atoms with Crippen molar-refractivity contribution in [3.63, 3.8) is 0 Å². The van der Waals surface area contributed by atoms with Crippen LogP contribution in [0.5, 0.6) is 0 Å². The highest BCUT2D eigenvalue weighted by Gasteiger charge is 2.23. The molecule has 1 aliphatic carbocycles. The third-order valence-electron chi connectivity index (χ3n) is 4.00. The summed E-state index contributed by atoms with van der Waals surface area (Å²) in [6.07, 6.45) is 4.48. The maximum Gasteiger partial charge on any atom is 0.223 e. The van der Waals surface area contributed by atoms with Crippen LogP contribution in [0.15, 0.2) is 24.3 Å². The minimum absolute atomic E-state index is 0.232. The molecule has 0 spiro atoms. The summed E-state index contributed by atoms with van der Waals surface area (Å²) < 4.78 is 0. The van der Waals surface area contributed by atoms with Crippen molar-refractivity contribution in [3.8, 4) is 0 Å². The Morgan fingerprint density at radius 3 is 2.63 bits per heavy atom. The van der Waals surface area contributed by atoms with Crippen LogP contribution in [0, 0.1) is 11.8 Å². The van der Waals surface area contributed by atoms with Gasteiger partial charge in [0.15, 0.2) is 0 Å². The molecule has 2 nitrogen and oxygen atoms in total. The average molecular weight is 324 g/mol. The Hall–Kier alpha value is -0.830. The van der Waals surface area contributed by atoms with Gasteiger partial charge >= 0.3 is 0 Å². The van der Waals surface area contributed by atoms with E-state index >= 15 is 0 Å². The number of carbonyl (C=O) groups is 1. The van der Waals surface area contributed by atoms with E-state index in [9.17, 15) is 4.79 Å². The van der Waals surface area contributed by atoms with Crippen molar-refractivity contribution >= 4 is 21.8 Å². The third-order valence-corrected chi connectivity index (χ3v) is 4.65. The third kappa shape index (κ3) is 4.34. The van der Waals surface area contributed by atoms with Gasteiger partial charge in [-0.2, -0.15) is 0 Å². The molecule has 1 saturated carbocycles. The Balaban J connectivity index is 1.82. The maximum absolute atomic E-state index is 12.1. The van der Waals surface area contributed by atoms with Crippen LogP contribution in [0.2, 0.25) is 0 Å². The van der Waals surface area contributed by atoms with Crippen LogP contribution < -0.4 is 5.32 Å². The molecule has 0 bridgehead atoms. The van der Waals surface area contributed by atoms with Gasteiger partial charge in [-0.15, -0.1) is 0 Å². The van der Waals surface area contributed by atoms with Gasteiger partial charge in [-0.1, -0.05) is 47.1 Å². The molecule has 2 rings (SSSR count). The van der Waals surface area contributed by atoms with Crippen LogP contribution in [0.1, 0.15) is 43.7 Å². The van der Waals surface area contributed by atoms with Crippen LogP contribution in [0.3, 0.4) is 0 Å². The van der Waals surface area contributed by atoms with E-state index in [1.165, 1.54) is 24.0 Å². The van der Waals surface area contributed by atoms with Crippen molar-refractivity contribution in [1.82, 2.24) is 5.32 Å². The molecule has 0 unspecified atom stereocenters. The van der Waals surface area contributed by atoms with E-state index in [0.717, 1.165) is 24.1 Å². The molecule has 3 heteroatoms. The van der Waals surface area contributed by atoms with Crippen LogP contribution in [0.4, 0.5) is 0 Å². The number of rotatable bonds is 4. The highest BCUT2D eigenvalue weighted by molar-refractivity contribution is 9.08. The zero-order valence-corrected chi connectivity index (χ0v) is 13.1. The van der Waals surface area contributed by atoms with E-state index in [-0.39, 0.29) is 11.8 Å². The second-order valence-electron chi connectivity index (χ2n) is 5.63. The molecule has 104 valence electrons. The van der Waals surface area contributed by atoms with Crippen molar-refractivity contribution in [2.75, 3.05) is 0 Å². The van der Waals surface area contributed by atoms with E-state index < -0.39 is 0 Å². The summed E-state index contributed by atoms with van der Waals surface area (Å²) >= 11 is 3.45. The fraction of sp³-hybridized carbons (Fsp3) is 0.562. The van der Waals surface area contributed by atoms with Gasteiger partial charge in [0.2, 0.25) is 5.91 Å². The summed E-state index contributed by atoms with van der Waals surface area (Å²) in [4.78, 5) is 12.1. The number of carbonyl (C=O) groups excluding carboxylic acids is 1. The van der Waals surface area contributed by atoms with E-state index in [2.05, 4.69) is 46.4 Å². The van der Waals surface area contributed by atoms with Gasteiger partial charge in [0.05, 0.1) is 0 Å². The van der Waals surface area contributed by atoms with Crippen LogP contribution >= 0.6 is 15.9 Å². The Bertz CT molecular complexity index is 425. The first-order valence-corrected chi connectivity index (χ1v) is 8.22. The molecule has 0 atom stereocenters. The number of benzene rings is 1. The smallest absolute Gasteiger partial charge is 0.223 e. The van der Waals surface area contributed by atoms with Gasteiger partial charge < -0.3 is 5.32 Å². The number of nitrogens with one attached hydrogen (secondary N) is 1. The molecule has 0 heterocycles. The van der Waals surface area contributed by atoms with E-state index in [0.29, 0.717) is 6.54 Å². The fourth-order valence-corrected chi connectivity index (χ4v) is 3.03. The zero-order valence-electron chi connectivity index (χ0n) is 11.5. The fourth-order valence-electron chi connectivity index (χ4n) is 2.68. The van der Waals surface area contributed by atoms with Gasteiger partial charge in [0.25, 0.3) is 0 Å². The molecular weight excluding hydrogens is 302 g/mol. The van der Waals surface area contributed by atoms with Gasteiger partial charge in [0, 0.05) is 17.8 Å². The van der Waals surface area contributed by atoms with Crippen LogP contribution in [-0.4, -0.2) is 5.91 Å². The molecule has 0 aromatic heterocycles. The van der Waals surface area contributed by atoms with E-state index in [1.54, 1.807) is 0 Å². The lowest BCUT2D eigenvalue weighted by molar-refractivity contribution is -0.126. The number of hydrogen-bond donors (Lipinski definition) is 1. The van der Waals surface area contributed by atoms with Crippen LogP contribution in [0.25, 0.3) is 0 Å². The summed E-state index contributed by atoms with van der Waals surface area (Å²) in [5.41, 5.74) is 2.42. The predicted octanol–water partition coefficient (Wildman–Crippen LogP) is 4.02. The first-order chi connectivity index (χ1) is 9.19. The van der Waals surface area contributed by atoms with Crippen molar-refractivity contribution in [1.29, 1.82) is 0 Å². The lowest BCUT2D eigenvalue weighted by Crippen LogP contribution is -2.32. The highest BCUT2D eigenvalue weighted by atomic mass is 79.9. The largest absolute Gasteiger partial charge is 0.352 e. The Labute approximate surface area is 124 Å². The van der Waals surface area contributed by atoms with Gasteiger partial charge in [-0.25, -0.2) is 0 Å². The second kappa shape index (κ2) is 7.09. The lowest BCUT2D eigenvalue weighted by atomic mass is 9.82. The lowest BCUT2D eigenvalue weighted by Gasteiger charge is -2.25. The molecule has 1 aliphatic rings. The standard InChI is InChI=1S/C16H22BrNO/c1-12-5-7-15(8-6-12)16(19)18-11-14-4-2-3-13(9-14)10-17/h2-4,9,12,15H,5-8,10-11H2,1H3,(H,18,19). The summed E-state index contributed by atoms with van der Waals surface area (Å²) in [6.45, 7) is 2.92. The number of halogens is 1. The van der Waals surface area contributed by atoms with Crippen molar-refractivity contribution in [2.45, 2.75) is 44.5 Å². The summed E-state index contributed by atoms with van der Waals surface area (Å²) in [5.74, 6) is 1.26. The van der Waals surface area contributed by atoms with Crippen molar-refractivity contribution < 1.29 is 4.79 Å². The Kier molecular flexibility index (Phi) is 5.44. The quantitative estimate of drug-likeness (QED) is 0.833. The molecule has 1 amide bonds. The molecule has 1 N–H and O–H groups in total. The predicted molar refractivity (Wildman–Crippen MR) is 82.0 cm³/mol. The number of amides is 1. The molecule has 1 fully saturated rings. The SMILES string of the molecule is CC1CCC(C(=O)NCc2cccc(CBr)c2)CC1. The molecule has 1 aromatic carbocycles. The van der Waals surface area contributed by atoms with Gasteiger partial charge in [-0.05, 0) is 42.7 Å². The Morgan fingerprint density at radius 2 is 1.95 bits per heavy atom. The van der Waals surface area contributed by atoms with Crippen molar-refractivity contribution in [3.05, 3.63) is 35.4 Å². The summed E-state index contributed by atoms with van der Waals surface area (Å²) in [7, 11) is 0. The van der Waals surface area contributed by atoms with Crippen molar-refractivity contribution in [2.24, 2.45) is 11.8 Å². The summed E-state index contributed by atoms with van der Waals surface area (Å²) in [5, 5.41) is 3.94. The van der Waals surface area contributed by atoms with E-state index in [4.69, 9.17) is 0 Å². The normalized spacial score (nSPS) is 23.1. The maximum atomic E-state index is 12.1. The Morgan fingerprint density at radius 1 is 1.26 bits per heavy atom. The zero-order chi connectivity index (χ0) is 13.7. The molecular formula is C16H22BrNO. The monoisotopic (exact) mass is 323 g/mol. The minimum Gasteiger partial charge on any atom is -0.352 e. The number of hydrogen-bond acceptors (Lipinski definition) is 1. The summed E-state index contributed by atoms with van der Waals surface area (Å²) in [6, 6.07) is 8.33. The van der Waals surface area contributed by atoms with Crippen LogP contribution in [-0.2, 0) is 16.7 Å². The first kappa shape index (κ1) is 14.6. The molecule has 0 aliphatic heterocycles. The van der Waals surface area contributed by atoms with E-state index in [1.807, 2.05) is 6.07 Å². The average Bonchev–Trinajstić information content (AvgIpc) is 2.46. The minimum atomic E-state index is 0.232. The number of alkyl halides is 1. The van der Waals surface area contributed by atoms with Gasteiger partial charge in [0.1, 0.15) is 0 Å². The molecule has 19 heavy (non-hydrogen) atoms. The first-order valence-electron chi connectivity index (χ1n) is 7.10. The highest BCUT2D eigenvalue weighted by Crippen LogP contribution is 2.28. The molecule has 1 aromatic rings. The molecule has 0 radical (unpaired) electrons. The van der Waals surface area contributed by atoms with Gasteiger partial charge in [-0.3, -0.25) is 4.79 Å². The topological polar surface area (TPSA) is 29.1 Å².